The largest absolute Gasteiger partial charge is 0.328 e. The Kier molecular flexibility index (Phi) is 3.33. The Morgan fingerprint density at radius 2 is 2.21 bits per heavy atom. The molecule has 1 fully saturated rings. The van der Waals surface area contributed by atoms with Crippen LogP contribution >= 0.6 is 11.6 Å². The lowest BCUT2D eigenvalue weighted by molar-refractivity contribution is 0.725. The van der Waals surface area contributed by atoms with Gasteiger partial charge in [0.05, 0.1) is 11.4 Å². The molecule has 1 heterocycles. The van der Waals surface area contributed by atoms with Gasteiger partial charge in [-0.05, 0) is 49.9 Å². The van der Waals surface area contributed by atoms with Gasteiger partial charge in [-0.25, -0.2) is 4.68 Å². The minimum Gasteiger partial charge on any atom is -0.328 e. The Bertz CT molecular complexity index is 585. The number of hydrogen-bond acceptors (Lipinski definition) is 2. The molecule has 3 nitrogen and oxygen atoms in total. The molecule has 1 aromatic carbocycles. The number of benzene rings is 1. The van der Waals surface area contributed by atoms with E-state index in [9.17, 15) is 0 Å². The quantitative estimate of drug-likeness (QED) is 0.930. The average Bonchev–Trinajstić information content (AvgIpc) is 3.10. The zero-order valence-corrected chi connectivity index (χ0v) is 11.8. The Hall–Kier alpha value is -1.32. The molecule has 0 bridgehead atoms. The van der Waals surface area contributed by atoms with Crippen LogP contribution in [0, 0.1) is 0 Å². The van der Waals surface area contributed by atoms with Crippen LogP contribution in [0.2, 0.25) is 5.02 Å². The summed E-state index contributed by atoms with van der Waals surface area (Å²) in [5.41, 5.74) is 9.21. The third-order valence-electron chi connectivity index (χ3n) is 3.47. The molecule has 0 spiro atoms. The van der Waals surface area contributed by atoms with E-state index < -0.39 is 0 Å². The summed E-state index contributed by atoms with van der Waals surface area (Å²) < 4.78 is 1.93. The molecule has 1 aromatic heterocycles. The van der Waals surface area contributed by atoms with E-state index in [-0.39, 0.29) is 6.04 Å². The van der Waals surface area contributed by atoms with Crippen molar-refractivity contribution >= 4 is 11.6 Å². The summed E-state index contributed by atoms with van der Waals surface area (Å²) in [5.74, 6) is 0.664. The zero-order valence-electron chi connectivity index (χ0n) is 11.0. The van der Waals surface area contributed by atoms with Crippen molar-refractivity contribution in [2.75, 3.05) is 0 Å². The molecule has 100 valence electrons. The smallest absolute Gasteiger partial charge is 0.0693 e. The standard InChI is InChI=1S/C15H18ClN3/c1-10(17)9-12-13(16)3-2-4-15(12)19-8-7-14(18-19)11-5-6-11/h2-4,7-8,10-11H,5-6,9,17H2,1H3. The van der Waals surface area contributed by atoms with Crippen LogP contribution in [0.3, 0.4) is 0 Å². The third-order valence-corrected chi connectivity index (χ3v) is 3.83. The fourth-order valence-electron chi connectivity index (χ4n) is 2.35. The first-order valence-corrected chi connectivity index (χ1v) is 7.12. The van der Waals surface area contributed by atoms with Crippen LogP contribution in [0.5, 0.6) is 0 Å². The first-order valence-electron chi connectivity index (χ1n) is 6.74. The molecule has 1 saturated carbocycles. The van der Waals surface area contributed by atoms with E-state index in [0.29, 0.717) is 5.92 Å². The lowest BCUT2D eigenvalue weighted by Crippen LogP contribution is -2.19. The maximum Gasteiger partial charge on any atom is 0.0693 e. The van der Waals surface area contributed by atoms with Crippen molar-refractivity contribution in [1.82, 2.24) is 9.78 Å². The maximum atomic E-state index is 6.31. The van der Waals surface area contributed by atoms with Crippen LogP contribution in [0.4, 0.5) is 0 Å². The summed E-state index contributed by atoms with van der Waals surface area (Å²) >= 11 is 6.31. The van der Waals surface area contributed by atoms with Crippen LogP contribution in [0.1, 0.15) is 36.9 Å². The lowest BCUT2D eigenvalue weighted by atomic mass is 10.1. The van der Waals surface area contributed by atoms with E-state index >= 15 is 0 Å². The number of rotatable bonds is 4. The van der Waals surface area contributed by atoms with Crippen molar-refractivity contribution in [3.8, 4) is 5.69 Å². The summed E-state index contributed by atoms with van der Waals surface area (Å²) in [5, 5.41) is 5.43. The molecule has 0 amide bonds. The molecule has 0 radical (unpaired) electrons. The minimum absolute atomic E-state index is 0.0807. The Morgan fingerprint density at radius 1 is 1.42 bits per heavy atom. The Labute approximate surface area is 118 Å². The van der Waals surface area contributed by atoms with Crippen molar-refractivity contribution in [1.29, 1.82) is 0 Å². The second kappa shape index (κ2) is 4.99. The second-order valence-electron chi connectivity index (χ2n) is 5.38. The molecule has 19 heavy (non-hydrogen) atoms. The first kappa shape index (κ1) is 12.7. The van der Waals surface area contributed by atoms with Gasteiger partial charge in [0.25, 0.3) is 0 Å². The highest BCUT2D eigenvalue weighted by atomic mass is 35.5. The van der Waals surface area contributed by atoms with Gasteiger partial charge in [-0.3, -0.25) is 0 Å². The molecule has 1 aliphatic rings. The predicted octanol–water partition coefficient (Wildman–Crippen LogP) is 3.29. The van der Waals surface area contributed by atoms with Gasteiger partial charge < -0.3 is 5.73 Å². The molecule has 0 saturated heterocycles. The van der Waals surface area contributed by atoms with E-state index in [1.54, 1.807) is 0 Å². The molecule has 3 rings (SSSR count). The van der Waals surface area contributed by atoms with Gasteiger partial charge in [-0.2, -0.15) is 5.10 Å². The van der Waals surface area contributed by atoms with Crippen molar-refractivity contribution in [3.05, 3.63) is 46.7 Å². The molecular formula is C15H18ClN3. The highest BCUT2D eigenvalue weighted by Gasteiger charge is 2.26. The minimum atomic E-state index is 0.0807. The predicted molar refractivity (Wildman–Crippen MR) is 77.9 cm³/mol. The maximum absolute atomic E-state index is 6.31. The van der Waals surface area contributed by atoms with Gasteiger partial charge in [0, 0.05) is 23.2 Å². The summed E-state index contributed by atoms with van der Waals surface area (Å²) in [6.07, 6.45) is 5.30. The summed E-state index contributed by atoms with van der Waals surface area (Å²) in [7, 11) is 0. The zero-order chi connectivity index (χ0) is 13.4. The summed E-state index contributed by atoms with van der Waals surface area (Å²) in [4.78, 5) is 0. The molecule has 1 aliphatic carbocycles. The highest BCUT2D eigenvalue weighted by molar-refractivity contribution is 6.31. The van der Waals surface area contributed by atoms with Crippen LogP contribution < -0.4 is 5.73 Å². The van der Waals surface area contributed by atoms with Gasteiger partial charge in [-0.15, -0.1) is 0 Å². The topological polar surface area (TPSA) is 43.8 Å². The fourth-order valence-corrected chi connectivity index (χ4v) is 2.60. The van der Waals surface area contributed by atoms with E-state index in [1.165, 1.54) is 18.5 Å². The summed E-state index contributed by atoms with van der Waals surface area (Å²) in [6, 6.07) is 8.10. The normalized spacial score (nSPS) is 16.6. The molecular weight excluding hydrogens is 258 g/mol. The molecule has 4 heteroatoms. The van der Waals surface area contributed by atoms with Gasteiger partial charge >= 0.3 is 0 Å². The number of hydrogen-bond donors (Lipinski definition) is 1. The monoisotopic (exact) mass is 275 g/mol. The number of nitrogens with zero attached hydrogens (tertiary/aromatic N) is 2. The molecule has 0 aliphatic heterocycles. The van der Waals surface area contributed by atoms with Crippen LogP contribution in [0.25, 0.3) is 5.69 Å². The Morgan fingerprint density at radius 3 is 2.89 bits per heavy atom. The van der Waals surface area contributed by atoms with Gasteiger partial charge in [-0.1, -0.05) is 17.7 Å². The van der Waals surface area contributed by atoms with E-state index in [1.807, 2.05) is 36.0 Å². The summed E-state index contributed by atoms with van der Waals surface area (Å²) in [6.45, 7) is 1.99. The van der Waals surface area contributed by atoms with Crippen molar-refractivity contribution in [2.24, 2.45) is 5.73 Å². The molecule has 2 aromatic rings. The van der Waals surface area contributed by atoms with Crippen molar-refractivity contribution < 1.29 is 0 Å². The second-order valence-corrected chi connectivity index (χ2v) is 5.79. The average molecular weight is 276 g/mol. The van der Waals surface area contributed by atoms with Crippen LogP contribution in [0.15, 0.2) is 30.5 Å². The Balaban J connectivity index is 1.99. The van der Waals surface area contributed by atoms with Crippen LogP contribution in [-0.4, -0.2) is 15.8 Å². The van der Waals surface area contributed by atoms with Gasteiger partial charge in [0.1, 0.15) is 0 Å². The van der Waals surface area contributed by atoms with E-state index in [4.69, 9.17) is 17.3 Å². The SMILES string of the molecule is CC(N)Cc1c(Cl)cccc1-n1ccc(C2CC2)n1. The van der Waals surface area contributed by atoms with E-state index in [2.05, 4.69) is 11.2 Å². The van der Waals surface area contributed by atoms with E-state index in [0.717, 1.165) is 22.7 Å². The highest BCUT2D eigenvalue weighted by Crippen LogP contribution is 2.39. The third kappa shape index (κ3) is 2.67. The number of aromatic nitrogens is 2. The number of nitrogens with two attached hydrogens (primary N) is 1. The number of halogens is 1. The van der Waals surface area contributed by atoms with Gasteiger partial charge in [0.2, 0.25) is 0 Å². The van der Waals surface area contributed by atoms with Crippen molar-refractivity contribution in [3.63, 3.8) is 0 Å². The van der Waals surface area contributed by atoms with Crippen LogP contribution in [-0.2, 0) is 6.42 Å². The molecule has 1 unspecified atom stereocenters. The van der Waals surface area contributed by atoms with Gasteiger partial charge in [0.15, 0.2) is 0 Å². The molecule has 1 atom stereocenters. The first-order chi connectivity index (χ1) is 9.15. The van der Waals surface area contributed by atoms with Crippen molar-refractivity contribution in [2.45, 2.75) is 38.1 Å². The molecule has 2 N–H and O–H groups in total. The lowest BCUT2D eigenvalue weighted by Gasteiger charge is -2.13. The fraction of sp³-hybridized carbons (Fsp3) is 0.400.